The Bertz CT molecular complexity index is 851. The highest BCUT2D eigenvalue weighted by atomic mass is 35.5. The van der Waals surface area contributed by atoms with Crippen molar-refractivity contribution in [3.63, 3.8) is 0 Å². The minimum Gasteiger partial charge on any atom is -0.366 e. The Balaban J connectivity index is 2.55. The number of hydrogen-bond donors (Lipinski definition) is 2. The number of sulfonamides is 1. The number of nitrogens with one attached hydrogen (secondary N) is 1. The van der Waals surface area contributed by atoms with Gasteiger partial charge in [-0.25, -0.2) is 8.42 Å². The molecule has 3 N–H and O–H groups in total. The average molecular weight is 359 g/mol. The maximum absolute atomic E-state index is 12.5. The maximum Gasteiger partial charge on any atom is 0.263 e. The van der Waals surface area contributed by atoms with Crippen LogP contribution >= 0.6 is 23.2 Å². The van der Waals surface area contributed by atoms with Gasteiger partial charge in [-0.2, -0.15) is 0 Å². The largest absolute Gasteiger partial charge is 0.366 e. The molecule has 0 heterocycles. The third-order valence-corrected chi connectivity index (χ3v) is 5.02. The number of primary amides is 1. The number of rotatable bonds is 4. The molecule has 0 spiro atoms. The molecule has 0 fully saturated rings. The Hall–Kier alpha value is -1.76. The van der Waals surface area contributed by atoms with Gasteiger partial charge in [0, 0.05) is 5.02 Å². The summed E-state index contributed by atoms with van der Waals surface area (Å²) >= 11 is 11.7. The second-order valence-corrected chi connectivity index (χ2v) is 7.04. The molecule has 8 heteroatoms. The van der Waals surface area contributed by atoms with Crippen molar-refractivity contribution in [3.8, 4) is 0 Å². The van der Waals surface area contributed by atoms with Crippen molar-refractivity contribution in [2.24, 2.45) is 5.73 Å². The van der Waals surface area contributed by atoms with E-state index in [1.165, 1.54) is 24.3 Å². The van der Waals surface area contributed by atoms with Gasteiger partial charge in [0.2, 0.25) is 0 Å². The number of benzene rings is 2. The lowest BCUT2D eigenvalue weighted by Crippen LogP contribution is -2.19. The molecule has 0 saturated heterocycles. The van der Waals surface area contributed by atoms with Crippen LogP contribution in [0.4, 0.5) is 5.69 Å². The third-order valence-electron chi connectivity index (χ3n) is 2.96. The molecule has 0 unspecified atom stereocenters. The monoisotopic (exact) mass is 358 g/mol. The Labute approximate surface area is 138 Å². The summed E-state index contributed by atoms with van der Waals surface area (Å²) in [5, 5.41) is 0.246. The van der Waals surface area contributed by atoms with E-state index < -0.39 is 15.9 Å². The average Bonchev–Trinajstić information content (AvgIpc) is 2.43. The lowest BCUT2D eigenvalue weighted by Gasteiger charge is -2.14. The topological polar surface area (TPSA) is 89.3 Å². The van der Waals surface area contributed by atoms with E-state index in [0.717, 1.165) is 0 Å². The number of aryl methyl sites for hydroxylation is 1. The first-order chi connectivity index (χ1) is 10.2. The van der Waals surface area contributed by atoms with Crippen LogP contribution in [0.2, 0.25) is 10.0 Å². The highest BCUT2D eigenvalue weighted by Gasteiger charge is 2.22. The fourth-order valence-electron chi connectivity index (χ4n) is 1.88. The van der Waals surface area contributed by atoms with E-state index in [1.807, 2.05) is 0 Å². The molecule has 2 aromatic carbocycles. The first kappa shape index (κ1) is 16.6. The van der Waals surface area contributed by atoms with E-state index in [4.69, 9.17) is 28.9 Å². The molecular formula is C14H12Cl2N2O3S. The Kier molecular flexibility index (Phi) is 4.65. The van der Waals surface area contributed by atoms with E-state index >= 15 is 0 Å². The predicted octanol–water partition coefficient (Wildman–Crippen LogP) is 3.20. The molecule has 116 valence electrons. The van der Waals surface area contributed by atoms with Crippen LogP contribution in [-0.2, 0) is 10.0 Å². The van der Waals surface area contributed by atoms with Gasteiger partial charge in [-0.15, -0.1) is 0 Å². The molecule has 0 aliphatic rings. The summed E-state index contributed by atoms with van der Waals surface area (Å²) in [6, 6.07) is 8.79. The Morgan fingerprint density at radius 3 is 2.50 bits per heavy atom. The fraction of sp³-hybridized carbons (Fsp3) is 0.0714. The highest BCUT2D eigenvalue weighted by molar-refractivity contribution is 7.92. The third kappa shape index (κ3) is 3.35. The number of carbonyl (C=O) groups is 1. The van der Waals surface area contributed by atoms with Gasteiger partial charge in [0.05, 0.1) is 16.3 Å². The summed E-state index contributed by atoms with van der Waals surface area (Å²) in [5.41, 5.74) is 6.02. The molecule has 0 atom stereocenters. The van der Waals surface area contributed by atoms with E-state index in [2.05, 4.69) is 4.72 Å². The van der Waals surface area contributed by atoms with E-state index in [1.54, 1.807) is 19.1 Å². The standard InChI is InChI=1S/C14H12Cl2N2O3S/c1-8-3-2-4-10(14(17)19)13(8)18-22(20,21)12-7-9(15)5-6-11(12)16/h2-7,18H,1H3,(H2,17,19). The predicted molar refractivity (Wildman–Crippen MR) is 87.0 cm³/mol. The number of nitrogens with two attached hydrogens (primary N) is 1. The molecule has 0 aromatic heterocycles. The zero-order valence-corrected chi connectivity index (χ0v) is 13.8. The van der Waals surface area contributed by atoms with Gasteiger partial charge in [0.25, 0.3) is 15.9 Å². The SMILES string of the molecule is Cc1cccc(C(N)=O)c1NS(=O)(=O)c1cc(Cl)ccc1Cl. The minimum absolute atomic E-state index is 0.0195. The smallest absolute Gasteiger partial charge is 0.263 e. The molecule has 1 amide bonds. The van der Waals surface area contributed by atoms with Crippen molar-refractivity contribution in [1.82, 2.24) is 0 Å². The number of para-hydroxylation sites is 1. The van der Waals surface area contributed by atoms with E-state index in [0.29, 0.717) is 5.56 Å². The van der Waals surface area contributed by atoms with Gasteiger partial charge < -0.3 is 5.73 Å². The summed E-state index contributed by atoms with van der Waals surface area (Å²) in [6.07, 6.45) is 0. The van der Waals surface area contributed by atoms with Crippen LogP contribution in [0.5, 0.6) is 0 Å². The van der Waals surface area contributed by atoms with Crippen LogP contribution in [0.1, 0.15) is 15.9 Å². The second kappa shape index (κ2) is 6.16. The zero-order valence-electron chi connectivity index (χ0n) is 11.4. The molecule has 0 saturated carbocycles. The van der Waals surface area contributed by atoms with E-state index in [9.17, 15) is 13.2 Å². The second-order valence-electron chi connectivity index (χ2n) is 4.54. The molecule has 0 radical (unpaired) electrons. The first-order valence-electron chi connectivity index (χ1n) is 6.09. The molecule has 5 nitrogen and oxygen atoms in total. The van der Waals surface area contributed by atoms with Gasteiger partial charge in [-0.05, 0) is 36.8 Å². The van der Waals surface area contributed by atoms with Gasteiger partial charge in [-0.1, -0.05) is 35.3 Å². The van der Waals surface area contributed by atoms with Gasteiger partial charge in [0.15, 0.2) is 0 Å². The summed E-state index contributed by atoms with van der Waals surface area (Å²) in [7, 11) is -4.02. The van der Waals surface area contributed by atoms with Crippen molar-refractivity contribution < 1.29 is 13.2 Å². The summed E-state index contributed by atoms with van der Waals surface area (Å²) in [4.78, 5) is 11.3. The molecule has 0 aliphatic carbocycles. The summed E-state index contributed by atoms with van der Waals surface area (Å²) < 4.78 is 27.3. The van der Waals surface area contributed by atoms with Crippen LogP contribution < -0.4 is 10.5 Å². The number of anilines is 1. The molecule has 2 aromatic rings. The minimum atomic E-state index is -4.02. The quantitative estimate of drug-likeness (QED) is 0.879. The van der Waals surface area contributed by atoms with Crippen molar-refractivity contribution in [1.29, 1.82) is 0 Å². The van der Waals surface area contributed by atoms with Crippen molar-refractivity contribution in [3.05, 3.63) is 57.6 Å². The van der Waals surface area contributed by atoms with Crippen LogP contribution in [0, 0.1) is 6.92 Å². The lowest BCUT2D eigenvalue weighted by molar-refractivity contribution is 0.100. The van der Waals surface area contributed by atoms with Crippen LogP contribution in [-0.4, -0.2) is 14.3 Å². The summed E-state index contributed by atoms with van der Waals surface area (Å²) in [6.45, 7) is 1.66. The zero-order chi connectivity index (χ0) is 16.5. The fourth-order valence-corrected chi connectivity index (χ4v) is 3.80. The van der Waals surface area contributed by atoms with Crippen molar-refractivity contribution >= 4 is 44.8 Å². The van der Waals surface area contributed by atoms with Gasteiger partial charge in [0.1, 0.15) is 4.90 Å². The van der Waals surface area contributed by atoms with E-state index in [-0.39, 0.29) is 26.2 Å². The van der Waals surface area contributed by atoms with Crippen LogP contribution in [0.15, 0.2) is 41.3 Å². The number of carbonyl (C=O) groups excluding carboxylic acids is 1. The number of halogens is 2. The summed E-state index contributed by atoms with van der Waals surface area (Å²) in [5.74, 6) is -0.737. The molecule has 0 aliphatic heterocycles. The first-order valence-corrected chi connectivity index (χ1v) is 8.33. The highest BCUT2D eigenvalue weighted by Crippen LogP contribution is 2.29. The van der Waals surface area contributed by atoms with Crippen molar-refractivity contribution in [2.75, 3.05) is 4.72 Å². The Morgan fingerprint density at radius 1 is 1.18 bits per heavy atom. The molecular weight excluding hydrogens is 347 g/mol. The van der Waals surface area contributed by atoms with Gasteiger partial charge in [-0.3, -0.25) is 9.52 Å². The van der Waals surface area contributed by atoms with Crippen molar-refractivity contribution in [2.45, 2.75) is 11.8 Å². The normalized spacial score (nSPS) is 11.2. The van der Waals surface area contributed by atoms with Crippen LogP contribution in [0.25, 0.3) is 0 Å². The molecule has 2 rings (SSSR count). The Morgan fingerprint density at radius 2 is 1.86 bits per heavy atom. The van der Waals surface area contributed by atoms with Gasteiger partial charge >= 0.3 is 0 Å². The number of amides is 1. The van der Waals surface area contributed by atoms with Crippen LogP contribution in [0.3, 0.4) is 0 Å². The maximum atomic E-state index is 12.5. The molecule has 22 heavy (non-hydrogen) atoms. The molecule has 0 bridgehead atoms. The lowest BCUT2D eigenvalue weighted by atomic mass is 10.1. The number of hydrogen-bond acceptors (Lipinski definition) is 3.